The van der Waals surface area contributed by atoms with Gasteiger partial charge in [0.1, 0.15) is 17.8 Å². The highest BCUT2D eigenvalue weighted by atomic mass is 19.4. The van der Waals surface area contributed by atoms with Crippen LogP contribution in [0.25, 0.3) is 0 Å². The Morgan fingerprint density at radius 1 is 0.846 bits per heavy atom. The summed E-state index contributed by atoms with van der Waals surface area (Å²) in [4.78, 5) is 7.95. The molecule has 2 aromatic carbocycles. The van der Waals surface area contributed by atoms with E-state index in [0.29, 0.717) is 5.69 Å². The number of rotatable bonds is 4. The molecule has 0 aliphatic heterocycles. The Morgan fingerprint density at radius 2 is 1.46 bits per heavy atom. The number of alkyl halides is 3. The maximum absolute atomic E-state index is 13.0. The Kier molecular flexibility index (Phi) is 4.61. The van der Waals surface area contributed by atoms with Crippen LogP contribution in [0.5, 0.6) is 0 Å². The summed E-state index contributed by atoms with van der Waals surface area (Å²) in [7, 11) is 0. The normalized spacial score (nSPS) is 11.2. The van der Waals surface area contributed by atoms with E-state index in [4.69, 9.17) is 5.73 Å². The van der Waals surface area contributed by atoms with Crippen molar-refractivity contribution in [2.24, 2.45) is 0 Å². The minimum absolute atomic E-state index is 0.106. The molecule has 1 heterocycles. The molecule has 0 atom stereocenters. The van der Waals surface area contributed by atoms with Crippen LogP contribution >= 0.6 is 0 Å². The van der Waals surface area contributed by atoms with Crippen LogP contribution in [0.4, 0.5) is 46.3 Å². The SMILES string of the molecule is Nc1c(Nc2ccc(F)cc2)ncnc1Nc1cccc(C(F)(F)F)c1. The molecule has 26 heavy (non-hydrogen) atoms. The smallest absolute Gasteiger partial charge is 0.393 e. The van der Waals surface area contributed by atoms with Crippen molar-refractivity contribution in [3.05, 3.63) is 66.2 Å². The Hall–Kier alpha value is -3.36. The summed E-state index contributed by atoms with van der Waals surface area (Å²) < 4.78 is 51.4. The zero-order valence-corrected chi connectivity index (χ0v) is 13.2. The van der Waals surface area contributed by atoms with Crippen LogP contribution in [0.3, 0.4) is 0 Å². The first-order valence-corrected chi connectivity index (χ1v) is 7.40. The fourth-order valence-electron chi connectivity index (χ4n) is 2.17. The molecule has 3 rings (SSSR count). The largest absolute Gasteiger partial charge is 0.416 e. The minimum Gasteiger partial charge on any atom is -0.393 e. The lowest BCUT2D eigenvalue weighted by Gasteiger charge is -2.14. The molecule has 3 aromatic rings. The average Bonchev–Trinajstić information content (AvgIpc) is 2.60. The Morgan fingerprint density at radius 3 is 2.08 bits per heavy atom. The van der Waals surface area contributed by atoms with E-state index in [0.717, 1.165) is 12.1 Å². The highest BCUT2D eigenvalue weighted by Crippen LogP contribution is 2.33. The number of hydrogen-bond acceptors (Lipinski definition) is 5. The van der Waals surface area contributed by atoms with Gasteiger partial charge < -0.3 is 16.4 Å². The van der Waals surface area contributed by atoms with E-state index in [1.165, 1.54) is 42.7 Å². The molecule has 0 unspecified atom stereocenters. The van der Waals surface area contributed by atoms with Crippen molar-refractivity contribution in [3.8, 4) is 0 Å². The summed E-state index contributed by atoms with van der Waals surface area (Å²) in [6.07, 6.45) is -3.25. The molecule has 5 nitrogen and oxygen atoms in total. The number of nitrogens with two attached hydrogens (primary N) is 1. The number of benzene rings is 2. The van der Waals surface area contributed by atoms with Crippen molar-refractivity contribution in [1.82, 2.24) is 9.97 Å². The third-order valence-electron chi connectivity index (χ3n) is 3.44. The minimum atomic E-state index is -4.45. The van der Waals surface area contributed by atoms with Gasteiger partial charge in [0.15, 0.2) is 11.6 Å². The number of hydrogen-bond donors (Lipinski definition) is 3. The maximum atomic E-state index is 13.0. The molecule has 4 N–H and O–H groups in total. The fraction of sp³-hybridized carbons (Fsp3) is 0.0588. The molecule has 0 saturated heterocycles. The zero-order valence-electron chi connectivity index (χ0n) is 13.2. The lowest BCUT2D eigenvalue weighted by molar-refractivity contribution is -0.137. The summed E-state index contributed by atoms with van der Waals surface area (Å²) in [6.45, 7) is 0. The summed E-state index contributed by atoms with van der Waals surface area (Å²) in [5.41, 5.74) is 6.02. The molecule has 0 amide bonds. The van der Waals surface area contributed by atoms with Gasteiger partial charge in [-0.05, 0) is 42.5 Å². The summed E-state index contributed by atoms with van der Waals surface area (Å²) in [6, 6.07) is 10.2. The number of nitrogen functional groups attached to an aromatic ring is 1. The van der Waals surface area contributed by atoms with Gasteiger partial charge in [0.05, 0.1) is 5.56 Å². The zero-order chi connectivity index (χ0) is 18.7. The number of nitrogens with one attached hydrogen (secondary N) is 2. The second-order valence-corrected chi connectivity index (χ2v) is 5.32. The van der Waals surface area contributed by atoms with Crippen LogP contribution in [0.1, 0.15) is 5.56 Å². The Labute approximate surface area is 145 Å². The predicted octanol–water partition coefficient (Wildman–Crippen LogP) is 4.70. The van der Waals surface area contributed by atoms with Gasteiger partial charge in [-0.25, -0.2) is 14.4 Å². The van der Waals surface area contributed by atoms with Gasteiger partial charge in [0, 0.05) is 11.4 Å². The topological polar surface area (TPSA) is 75.9 Å². The Bertz CT molecular complexity index is 910. The molecular weight excluding hydrogens is 350 g/mol. The van der Waals surface area contributed by atoms with Gasteiger partial charge >= 0.3 is 6.18 Å². The van der Waals surface area contributed by atoms with Gasteiger partial charge in [0.25, 0.3) is 0 Å². The van der Waals surface area contributed by atoms with Crippen molar-refractivity contribution in [2.75, 3.05) is 16.4 Å². The van der Waals surface area contributed by atoms with Crippen LogP contribution in [0.15, 0.2) is 54.9 Å². The highest BCUT2D eigenvalue weighted by Gasteiger charge is 2.30. The van der Waals surface area contributed by atoms with Crippen LogP contribution in [-0.4, -0.2) is 9.97 Å². The van der Waals surface area contributed by atoms with Gasteiger partial charge in [0.2, 0.25) is 0 Å². The van der Waals surface area contributed by atoms with E-state index in [1.807, 2.05) is 0 Å². The van der Waals surface area contributed by atoms with Crippen molar-refractivity contribution < 1.29 is 17.6 Å². The maximum Gasteiger partial charge on any atom is 0.416 e. The van der Waals surface area contributed by atoms with Gasteiger partial charge in [-0.1, -0.05) is 6.07 Å². The summed E-state index contributed by atoms with van der Waals surface area (Å²) >= 11 is 0. The molecule has 0 radical (unpaired) electrons. The first-order valence-electron chi connectivity index (χ1n) is 7.40. The lowest BCUT2D eigenvalue weighted by Crippen LogP contribution is -2.07. The molecule has 0 fully saturated rings. The average molecular weight is 363 g/mol. The third kappa shape index (κ3) is 4.00. The number of halogens is 4. The molecule has 0 spiro atoms. The third-order valence-corrected chi connectivity index (χ3v) is 3.44. The number of aromatic nitrogens is 2. The standard InChI is InChI=1S/C17H13F4N5/c18-11-4-6-12(7-5-11)25-15-14(22)16(24-9-23-15)26-13-3-1-2-10(8-13)17(19,20)21/h1-9H,22H2,(H2,23,24,25,26). The predicted molar refractivity (Wildman–Crippen MR) is 90.9 cm³/mol. The molecule has 0 aliphatic rings. The van der Waals surface area contributed by atoms with Gasteiger partial charge in [-0.3, -0.25) is 0 Å². The first kappa shape index (κ1) is 17.5. The number of nitrogens with zero attached hydrogens (tertiary/aromatic N) is 2. The lowest BCUT2D eigenvalue weighted by atomic mass is 10.2. The van der Waals surface area contributed by atoms with E-state index in [2.05, 4.69) is 20.6 Å². The fourth-order valence-corrected chi connectivity index (χ4v) is 2.17. The van der Waals surface area contributed by atoms with E-state index < -0.39 is 17.6 Å². The van der Waals surface area contributed by atoms with Crippen LogP contribution in [0.2, 0.25) is 0 Å². The molecular formula is C17H13F4N5. The molecule has 9 heteroatoms. The Balaban J connectivity index is 1.84. The molecule has 0 aliphatic carbocycles. The second-order valence-electron chi connectivity index (χ2n) is 5.32. The van der Waals surface area contributed by atoms with Crippen LogP contribution < -0.4 is 16.4 Å². The van der Waals surface area contributed by atoms with Crippen molar-refractivity contribution in [2.45, 2.75) is 6.18 Å². The van der Waals surface area contributed by atoms with Gasteiger partial charge in [-0.15, -0.1) is 0 Å². The van der Waals surface area contributed by atoms with E-state index >= 15 is 0 Å². The highest BCUT2D eigenvalue weighted by molar-refractivity contribution is 5.80. The monoisotopic (exact) mass is 363 g/mol. The molecule has 0 bridgehead atoms. The van der Waals surface area contributed by atoms with Crippen molar-refractivity contribution in [3.63, 3.8) is 0 Å². The molecule has 134 valence electrons. The molecule has 0 saturated carbocycles. The van der Waals surface area contributed by atoms with Gasteiger partial charge in [-0.2, -0.15) is 13.2 Å². The van der Waals surface area contributed by atoms with Crippen LogP contribution in [-0.2, 0) is 6.18 Å². The van der Waals surface area contributed by atoms with E-state index in [9.17, 15) is 17.6 Å². The molecule has 1 aromatic heterocycles. The van der Waals surface area contributed by atoms with Crippen molar-refractivity contribution >= 4 is 28.7 Å². The summed E-state index contributed by atoms with van der Waals surface area (Å²) in [5.74, 6) is -0.0110. The van der Waals surface area contributed by atoms with E-state index in [1.54, 1.807) is 0 Å². The number of anilines is 5. The van der Waals surface area contributed by atoms with Crippen molar-refractivity contribution in [1.29, 1.82) is 0 Å². The summed E-state index contributed by atoms with van der Waals surface area (Å²) in [5, 5.41) is 5.64. The first-order chi connectivity index (χ1) is 12.3. The van der Waals surface area contributed by atoms with E-state index in [-0.39, 0.29) is 23.0 Å². The quantitative estimate of drug-likeness (QED) is 0.586. The van der Waals surface area contributed by atoms with Crippen LogP contribution in [0, 0.1) is 5.82 Å². The second kappa shape index (κ2) is 6.87.